The number of ether oxygens (including phenoxy) is 1. The maximum atomic E-state index is 12.8. The molecule has 10 nitrogen and oxygen atoms in total. The first kappa shape index (κ1) is 33.5. The molecule has 220 valence electrons. The molecule has 0 aliphatic rings. The molecule has 0 saturated heterocycles. The van der Waals surface area contributed by atoms with Gasteiger partial charge in [0.25, 0.3) is 0 Å². The van der Waals surface area contributed by atoms with E-state index in [1.807, 2.05) is 32.0 Å². The van der Waals surface area contributed by atoms with E-state index in [0.29, 0.717) is 17.8 Å². The highest BCUT2D eigenvalue weighted by Crippen LogP contribution is 2.31. The fourth-order valence-electron chi connectivity index (χ4n) is 3.68. The van der Waals surface area contributed by atoms with Crippen molar-refractivity contribution in [3.63, 3.8) is 0 Å². The minimum Gasteiger partial charge on any atom is -0.383 e. The Morgan fingerprint density at radius 1 is 1.15 bits per heavy atom. The molecular formula is C24H28Cl3F2N5O5S. The van der Waals surface area contributed by atoms with Crippen molar-refractivity contribution in [2.75, 3.05) is 42.0 Å². The van der Waals surface area contributed by atoms with Gasteiger partial charge in [0.15, 0.2) is 0 Å². The molecule has 0 atom stereocenters. The van der Waals surface area contributed by atoms with Crippen LogP contribution >= 0.6 is 34.8 Å². The zero-order chi connectivity index (χ0) is 30.4. The SMILES string of the molecule is COCCN(C(=O)CCl)c1c(C)cccc1C.Cc1nn(-c2cc(NS(C)(=O)=O)c(Cl)cc2Cl)c(=O)n1C(F)F. The van der Waals surface area contributed by atoms with E-state index in [1.54, 1.807) is 12.0 Å². The molecule has 1 heterocycles. The third-order valence-corrected chi connectivity index (χ3v) is 6.81. The van der Waals surface area contributed by atoms with Crippen LogP contribution in [-0.4, -0.2) is 61.1 Å². The minimum atomic E-state index is -3.65. The standard InChI is InChI=1S/C13H18ClNO2.C11H10Cl2F2N4O3S/c1-10-5-4-6-11(2)13(10)15(7-8-17-3)12(16)9-14;1-5-16-19(11(20)18(5)10(14)15)9-4-8(17-23(2,21)22)6(12)3-7(9)13/h4-6H,7-9H2,1-3H3;3-4,10,17H,1-2H3. The lowest BCUT2D eigenvalue weighted by Crippen LogP contribution is -2.35. The molecule has 16 heteroatoms. The van der Waals surface area contributed by atoms with Crippen molar-refractivity contribution in [3.05, 3.63) is 67.8 Å². The van der Waals surface area contributed by atoms with Gasteiger partial charge in [-0.2, -0.15) is 13.5 Å². The number of para-hydroxylation sites is 1. The summed E-state index contributed by atoms with van der Waals surface area (Å²) in [7, 11) is -2.03. The second-order valence-corrected chi connectivity index (χ2v) is 11.3. The lowest BCUT2D eigenvalue weighted by atomic mass is 10.1. The monoisotopic (exact) mass is 641 g/mol. The van der Waals surface area contributed by atoms with E-state index in [4.69, 9.17) is 39.5 Å². The van der Waals surface area contributed by atoms with Gasteiger partial charge < -0.3 is 9.64 Å². The predicted octanol–water partition coefficient (Wildman–Crippen LogP) is 4.94. The Hall–Kier alpha value is -2.71. The van der Waals surface area contributed by atoms with Crippen LogP contribution in [0.4, 0.5) is 20.2 Å². The van der Waals surface area contributed by atoms with Crippen molar-refractivity contribution in [1.29, 1.82) is 0 Å². The van der Waals surface area contributed by atoms with E-state index in [-0.39, 0.29) is 43.6 Å². The Balaban J connectivity index is 0.000000294. The average Bonchev–Trinajstić information content (AvgIpc) is 3.15. The molecule has 2 aromatic carbocycles. The molecule has 0 saturated carbocycles. The largest absolute Gasteiger partial charge is 0.383 e. The van der Waals surface area contributed by atoms with Gasteiger partial charge in [-0.05, 0) is 44.0 Å². The molecule has 1 N–H and O–H groups in total. The number of anilines is 2. The Kier molecular flexibility index (Phi) is 11.9. The quantitative estimate of drug-likeness (QED) is 0.331. The first-order valence-electron chi connectivity index (χ1n) is 11.5. The number of nitrogens with zero attached hydrogens (tertiary/aromatic N) is 4. The fraction of sp³-hybridized carbons (Fsp3) is 0.375. The number of benzene rings is 2. The molecule has 0 aliphatic carbocycles. The van der Waals surface area contributed by atoms with Crippen molar-refractivity contribution < 1.29 is 26.7 Å². The average molecular weight is 643 g/mol. The van der Waals surface area contributed by atoms with Crippen LogP contribution in [0.15, 0.2) is 35.1 Å². The van der Waals surface area contributed by atoms with E-state index in [2.05, 4.69) is 9.82 Å². The van der Waals surface area contributed by atoms with E-state index in [1.165, 1.54) is 13.0 Å². The first-order chi connectivity index (χ1) is 18.6. The number of nitrogens with one attached hydrogen (secondary N) is 1. The maximum Gasteiger partial charge on any atom is 0.355 e. The van der Waals surface area contributed by atoms with E-state index < -0.39 is 22.3 Å². The second kappa shape index (κ2) is 14.3. The predicted molar refractivity (Wildman–Crippen MR) is 153 cm³/mol. The van der Waals surface area contributed by atoms with Gasteiger partial charge in [0, 0.05) is 19.3 Å². The number of hydrogen-bond donors (Lipinski definition) is 1. The zero-order valence-electron chi connectivity index (χ0n) is 22.2. The molecule has 3 rings (SSSR count). The summed E-state index contributed by atoms with van der Waals surface area (Å²) in [5.41, 5.74) is 1.81. The van der Waals surface area contributed by atoms with Gasteiger partial charge in [-0.25, -0.2) is 17.8 Å². The molecular weight excluding hydrogens is 615 g/mol. The van der Waals surface area contributed by atoms with Crippen molar-refractivity contribution in [3.8, 4) is 5.69 Å². The second-order valence-electron chi connectivity index (χ2n) is 8.46. The van der Waals surface area contributed by atoms with Crippen LogP contribution in [0, 0.1) is 20.8 Å². The molecule has 1 aromatic heterocycles. The summed E-state index contributed by atoms with van der Waals surface area (Å²) >= 11 is 17.5. The summed E-state index contributed by atoms with van der Waals surface area (Å²) in [6.45, 7) is 3.15. The van der Waals surface area contributed by atoms with E-state index in [0.717, 1.165) is 29.1 Å². The molecule has 0 aliphatic heterocycles. The number of methoxy groups -OCH3 is 1. The summed E-state index contributed by atoms with van der Waals surface area (Å²) in [4.78, 5) is 25.6. The number of aromatic nitrogens is 3. The number of rotatable bonds is 9. The van der Waals surface area contributed by atoms with Crippen LogP contribution in [0.2, 0.25) is 10.0 Å². The number of carbonyl (C=O) groups is 1. The molecule has 0 radical (unpaired) electrons. The van der Waals surface area contributed by atoms with Gasteiger partial charge in [0.1, 0.15) is 11.7 Å². The van der Waals surface area contributed by atoms with Crippen molar-refractivity contribution in [1.82, 2.24) is 14.3 Å². The summed E-state index contributed by atoms with van der Waals surface area (Å²) in [5.74, 6) is -0.341. The van der Waals surface area contributed by atoms with Gasteiger partial charge in [-0.15, -0.1) is 16.7 Å². The summed E-state index contributed by atoms with van der Waals surface area (Å²) in [6.07, 6.45) is 0.902. The smallest absolute Gasteiger partial charge is 0.355 e. The number of carbonyl (C=O) groups excluding carboxylic acids is 1. The Labute approximate surface area is 245 Å². The Morgan fingerprint density at radius 3 is 2.23 bits per heavy atom. The number of amides is 1. The van der Waals surface area contributed by atoms with Gasteiger partial charge in [0.2, 0.25) is 15.9 Å². The number of aryl methyl sites for hydroxylation is 3. The molecule has 0 unspecified atom stereocenters. The molecule has 0 spiro atoms. The summed E-state index contributed by atoms with van der Waals surface area (Å²) < 4.78 is 56.3. The van der Waals surface area contributed by atoms with Crippen LogP contribution in [-0.2, 0) is 19.6 Å². The van der Waals surface area contributed by atoms with E-state index in [9.17, 15) is 26.8 Å². The molecule has 0 bridgehead atoms. The highest BCUT2D eigenvalue weighted by atomic mass is 35.5. The minimum absolute atomic E-state index is 0.0164. The highest BCUT2D eigenvalue weighted by molar-refractivity contribution is 7.92. The third-order valence-electron chi connectivity index (χ3n) is 5.38. The zero-order valence-corrected chi connectivity index (χ0v) is 25.3. The Bertz CT molecular complexity index is 1510. The third kappa shape index (κ3) is 8.40. The van der Waals surface area contributed by atoms with E-state index >= 15 is 0 Å². The van der Waals surface area contributed by atoms with Gasteiger partial charge in [-0.3, -0.25) is 9.52 Å². The molecule has 3 aromatic rings. The van der Waals surface area contributed by atoms with Crippen molar-refractivity contribution in [2.45, 2.75) is 27.3 Å². The first-order valence-corrected chi connectivity index (χ1v) is 14.7. The van der Waals surface area contributed by atoms with Crippen LogP contribution in [0.5, 0.6) is 0 Å². The fourth-order valence-corrected chi connectivity index (χ4v) is 4.96. The van der Waals surface area contributed by atoms with Crippen molar-refractivity contribution >= 4 is 62.1 Å². The van der Waals surface area contributed by atoms with Gasteiger partial charge in [0.05, 0.1) is 34.3 Å². The molecule has 0 fully saturated rings. The normalized spacial score (nSPS) is 11.3. The lowest BCUT2D eigenvalue weighted by molar-refractivity contribution is -0.116. The van der Waals surface area contributed by atoms with Gasteiger partial charge in [-0.1, -0.05) is 41.4 Å². The molecule has 1 amide bonds. The molecule has 40 heavy (non-hydrogen) atoms. The van der Waals surface area contributed by atoms with Crippen molar-refractivity contribution in [2.24, 2.45) is 0 Å². The van der Waals surface area contributed by atoms with Gasteiger partial charge >= 0.3 is 12.2 Å². The van der Waals surface area contributed by atoms with Crippen LogP contribution in [0.25, 0.3) is 5.69 Å². The number of sulfonamides is 1. The van der Waals surface area contributed by atoms with Crippen LogP contribution in [0.3, 0.4) is 0 Å². The Morgan fingerprint density at radius 2 is 1.75 bits per heavy atom. The number of alkyl halides is 3. The summed E-state index contributed by atoms with van der Waals surface area (Å²) in [5, 5.41) is 3.63. The highest BCUT2D eigenvalue weighted by Gasteiger charge is 2.21. The van der Waals surface area contributed by atoms with Crippen LogP contribution < -0.4 is 15.3 Å². The summed E-state index contributed by atoms with van der Waals surface area (Å²) in [6, 6.07) is 8.27. The lowest BCUT2D eigenvalue weighted by Gasteiger charge is -2.25. The maximum absolute atomic E-state index is 12.8. The van der Waals surface area contributed by atoms with Crippen LogP contribution in [0.1, 0.15) is 23.5 Å². The number of halogens is 5. The topological polar surface area (TPSA) is 116 Å². The number of hydrogen-bond acceptors (Lipinski definition) is 6.